The van der Waals surface area contributed by atoms with Crippen molar-refractivity contribution in [3.63, 3.8) is 0 Å². The maximum Gasteiger partial charge on any atom is 0.321 e. The Balaban J connectivity index is 2.07. The van der Waals surface area contributed by atoms with Gasteiger partial charge < -0.3 is 20.1 Å². The number of amides is 2. The van der Waals surface area contributed by atoms with Gasteiger partial charge in [0, 0.05) is 19.8 Å². The van der Waals surface area contributed by atoms with Crippen molar-refractivity contribution in [2.24, 2.45) is 0 Å². The van der Waals surface area contributed by atoms with E-state index in [1.807, 2.05) is 36.4 Å². The summed E-state index contributed by atoms with van der Waals surface area (Å²) in [6, 6.07) is 12.5. The summed E-state index contributed by atoms with van der Waals surface area (Å²) in [6.07, 6.45) is 3.87. The van der Waals surface area contributed by atoms with E-state index in [-0.39, 0.29) is 11.8 Å². The van der Waals surface area contributed by atoms with Crippen LogP contribution in [0, 0.1) is 0 Å². The Bertz CT molecular complexity index is 707. The van der Waals surface area contributed by atoms with Crippen molar-refractivity contribution >= 4 is 23.9 Å². The van der Waals surface area contributed by atoms with Crippen LogP contribution < -0.4 is 10.1 Å². The molecule has 0 radical (unpaired) electrons. The fourth-order valence-corrected chi connectivity index (χ4v) is 1.90. The first-order valence-corrected chi connectivity index (χ1v) is 7.13. The van der Waals surface area contributed by atoms with Crippen LogP contribution in [0.1, 0.15) is 11.1 Å². The molecule has 0 fully saturated rings. The molecule has 0 heterocycles. The van der Waals surface area contributed by atoms with Crippen molar-refractivity contribution in [1.82, 2.24) is 4.90 Å². The Morgan fingerprint density at radius 3 is 2.30 bits per heavy atom. The number of anilines is 1. The highest BCUT2D eigenvalue weighted by Crippen LogP contribution is 2.27. The Hall–Kier alpha value is -2.95. The lowest BCUT2D eigenvalue weighted by Crippen LogP contribution is -2.27. The molecule has 2 aromatic carbocycles. The topological polar surface area (TPSA) is 61.8 Å². The highest BCUT2D eigenvalue weighted by Gasteiger charge is 2.03. The number of hydrogen-bond acceptors (Lipinski definition) is 3. The van der Waals surface area contributed by atoms with Crippen LogP contribution in [-0.2, 0) is 0 Å². The monoisotopic (exact) mass is 312 g/mol. The molecular weight excluding hydrogens is 292 g/mol. The summed E-state index contributed by atoms with van der Waals surface area (Å²) in [4.78, 5) is 13.0. The molecule has 2 amide bonds. The largest absolute Gasteiger partial charge is 0.504 e. The number of rotatable bonds is 4. The molecule has 23 heavy (non-hydrogen) atoms. The maximum absolute atomic E-state index is 11.6. The Labute approximate surface area is 135 Å². The van der Waals surface area contributed by atoms with E-state index in [0.717, 1.165) is 16.8 Å². The molecule has 0 aromatic heterocycles. The fraction of sp³-hybridized carbons (Fsp3) is 0.167. The average molecular weight is 312 g/mol. The van der Waals surface area contributed by atoms with Crippen LogP contribution >= 0.6 is 0 Å². The van der Waals surface area contributed by atoms with Crippen LogP contribution in [0.3, 0.4) is 0 Å². The third-order valence-electron chi connectivity index (χ3n) is 3.24. The van der Waals surface area contributed by atoms with Gasteiger partial charge in [-0.1, -0.05) is 30.4 Å². The first-order valence-electron chi connectivity index (χ1n) is 7.13. The number of phenols is 1. The molecule has 0 spiro atoms. The van der Waals surface area contributed by atoms with Crippen LogP contribution in [0.4, 0.5) is 10.5 Å². The molecule has 0 atom stereocenters. The molecule has 2 rings (SSSR count). The molecule has 0 bridgehead atoms. The molecule has 0 aliphatic rings. The van der Waals surface area contributed by atoms with Gasteiger partial charge in [0.15, 0.2) is 11.5 Å². The van der Waals surface area contributed by atoms with Gasteiger partial charge in [0.05, 0.1) is 7.11 Å². The Kier molecular flexibility index (Phi) is 5.25. The zero-order valence-corrected chi connectivity index (χ0v) is 13.4. The maximum atomic E-state index is 11.6. The molecule has 2 aromatic rings. The number of benzene rings is 2. The van der Waals surface area contributed by atoms with E-state index >= 15 is 0 Å². The van der Waals surface area contributed by atoms with Crippen molar-refractivity contribution < 1.29 is 14.6 Å². The van der Waals surface area contributed by atoms with Crippen LogP contribution in [0.5, 0.6) is 11.5 Å². The summed E-state index contributed by atoms with van der Waals surface area (Å²) in [7, 11) is 4.90. The number of carbonyl (C=O) groups excluding carboxylic acids is 1. The average Bonchev–Trinajstić information content (AvgIpc) is 2.55. The zero-order valence-electron chi connectivity index (χ0n) is 13.4. The molecule has 5 heteroatoms. The summed E-state index contributed by atoms with van der Waals surface area (Å²) >= 11 is 0. The summed E-state index contributed by atoms with van der Waals surface area (Å²) in [5.74, 6) is 0.555. The van der Waals surface area contributed by atoms with E-state index in [4.69, 9.17) is 4.74 Å². The number of nitrogens with one attached hydrogen (secondary N) is 1. The summed E-state index contributed by atoms with van der Waals surface area (Å²) in [5, 5.41) is 12.4. The van der Waals surface area contributed by atoms with Gasteiger partial charge in [0.1, 0.15) is 0 Å². The predicted octanol–water partition coefficient (Wildman–Crippen LogP) is 3.66. The molecule has 2 N–H and O–H groups in total. The second-order valence-corrected chi connectivity index (χ2v) is 5.21. The van der Waals surface area contributed by atoms with Gasteiger partial charge in [-0.15, -0.1) is 0 Å². The molecule has 0 aliphatic heterocycles. The Morgan fingerprint density at radius 2 is 1.70 bits per heavy atom. The number of urea groups is 1. The lowest BCUT2D eigenvalue weighted by Gasteiger charge is -2.11. The van der Waals surface area contributed by atoms with Gasteiger partial charge in [0.2, 0.25) is 0 Å². The number of phenolic OH excluding ortho intramolecular Hbond substituents is 1. The smallest absolute Gasteiger partial charge is 0.321 e. The number of carbonyl (C=O) groups is 1. The lowest BCUT2D eigenvalue weighted by molar-refractivity contribution is 0.230. The number of ether oxygens (including phenoxy) is 1. The van der Waals surface area contributed by atoms with Gasteiger partial charge >= 0.3 is 6.03 Å². The van der Waals surface area contributed by atoms with E-state index in [9.17, 15) is 9.90 Å². The van der Waals surface area contributed by atoms with E-state index in [1.54, 1.807) is 32.3 Å². The molecule has 120 valence electrons. The standard InChI is InChI=1S/C18H20N2O3/c1-20(2)18(22)19-15-9-6-13(7-10-15)4-5-14-8-11-16(21)17(12-14)23-3/h4-12,21H,1-3H3,(H,19,22)/b5-4+. The zero-order chi connectivity index (χ0) is 16.8. The molecular formula is C18H20N2O3. The van der Waals surface area contributed by atoms with Crippen molar-refractivity contribution in [2.75, 3.05) is 26.5 Å². The van der Waals surface area contributed by atoms with Gasteiger partial charge in [0.25, 0.3) is 0 Å². The van der Waals surface area contributed by atoms with Crippen LogP contribution in [0.15, 0.2) is 42.5 Å². The second-order valence-electron chi connectivity index (χ2n) is 5.21. The minimum Gasteiger partial charge on any atom is -0.504 e. The molecule has 0 aliphatic carbocycles. The first kappa shape index (κ1) is 16.4. The van der Waals surface area contributed by atoms with E-state index in [1.165, 1.54) is 12.0 Å². The highest BCUT2D eigenvalue weighted by atomic mass is 16.5. The van der Waals surface area contributed by atoms with Gasteiger partial charge in [-0.25, -0.2) is 4.79 Å². The highest BCUT2D eigenvalue weighted by molar-refractivity contribution is 5.89. The normalized spacial score (nSPS) is 10.6. The van der Waals surface area contributed by atoms with Gasteiger partial charge in [-0.05, 0) is 35.4 Å². The lowest BCUT2D eigenvalue weighted by atomic mass is 10.1. The van der Waals surface area contributed by atoms with Crippen molar-refractivity contribution in [3.05, 3.63) is 53.6 Å². The van der Waals surface area contributed by atoms with Crippen LogP contribution in [-0.4, -0.2) is 37.2 Å². The summed E-state index contributed by atoms with van der Waals surface area (Å²) < 4.78 is 5.08. The van der Waals surface area contributed by atoms with Crippen LogP contribution in [0.2, 0.25) is 0 Å². The van der Waals surface area contributed by atoms with Gasteiger partial charge in [-0.3, -0.25) is 0 Å². The second kappa shape index (κ2) is 7.35. The third kappa shape index (κ3) is 4.51. The number of nitrogens with zero attached hydrogens (tertiary/aromatic N) is 1. The number of methoxy groups -OCH3 is 1. The Morgan fingerprint density at radius 1 is 1.09 bits per heavy atom. The molecule has 0 unspecified atom stereocenters. The van der Waals surface area contributed by atoms with Crippen LogP contribution in [0.25, 0.3) is 12.2 Å². The molecule has 0 saturated heterocycles. The third-order valence-corrected chi connectivity index (χ3v) is 3.24. The van der Waals surface area contributed by atoms with Gasteiger partial charge in [-0.2, -0.15) is 0 Å². The minimum absolute atomic E-state index is 0.116. The van der Waals surface area contributed by atoms with Crippen molar-refractivity contribution in [2.45, 2.75) is 0 Å². The summed E-state index contributed by atoms with van der Waals surface area (Å²) in [5.41, 5.74) is 2.66. The molecule has 0 saturated carbocycles. The van der Waals surface area contributed by atoms with E-state index < -0.39 is 0 Å². The fourth-order valence-electron chi connectivity index (χ4n) is 1.90. The van der Waals surface area contributed by atoms with E-state index in [0.29, 0.717) is 5.75 Å². The predicted molar refractivity (Wildman–Crippen MR) is 92.7 cm³/mol. The minimum atomic E-state index is -0.163. The summed E-state index contributed by atoms with van der Waals surface area (Å²) in [6.45, 7) is 0. The first-order chi connectivity index (χ1) is 11.0. The quantitative estimate of drug-likeness (QED) is 0.847. The molecule has 5 nitrogen and oxygen atoms in total. The van der Waals surface area contributed by atoms with Crippen molar-refractivity contribution in [3.8, 4) is 11.5 Å². The SMILES string of the molecule is COc1cc(/C=C/c2ccc(NC(=O)N(C)C)cc2)ccc1O. The van der Waals surface area contributed by atoms with E-state index in [2.05, 4.69) is 5.32 Å². The number of hydrogen-bond donors (Lipinski definition) is 2. The number of aromatic hydroxyl groups is 1. The van der Waals surface area contributed by atoms with Crippen molar-refractivity contribution in [1.29, 1.82) is 0 Å².